The van der Waals surface area contributed by atoms with Crippen molar-refractivity contribution in [3.63, 3.8) is 0 Å². The van der Waals surface area contributed by atoms with Crippen molar-refractivity contribution in [3.05, 3.63) is 47.1 Å². The maximum Gasteiger partial charge on any atom is 0.244 e. The summed E-state index contributed by atoms with van der Waals surface area (Å²) in [6.07, 6.45) is 1.30. The zero-order valence-electron chi connectivity index (χ0n) is 14.9. The van der Waals surface area contributed by atoms with Crippen LogP contribution in [0.4, 0.5) is 5.69 Å². The van der Waals surface area contributed by atoms with Gasteiger partial charge in [0.15, 0.2) is 0 Å². The van der Waals surface area contributed by atoms with Gasteiger partial charge in [-0.25, -0.2) is 17.7 Å². The van der Waals surface area contributed by atoms with Gasteiger partial charge in [-0.2, -0.15) is 0 Å². The number of anilines is 1. The van der Waals surface area contributed by atoms with Crippen LogP contribution in [0.3, 0.4) is 0 Å². The maximum atomic E-state index is 12.4. The molecule has 0 bridgehead atoms. The minimum atomic E-state index is -3.52. The molecule has 1 amide bonds. The van der Waals surface area contributed by atoms with Crippen molar-refractivity contribution < 1.29 is 13.2 Å². The van der Waals surface area contributed by atoms with Crippen molar-refractivity contribution in [2.24, 2.45) is 0 Å². The number of amides is 1. The van der Waals surface area contributed by atoms with E-state index in [-0.39, 0.29) is 10.8 Å². The number of sulfonamides is 1. The molecule has 0 spiro atoms. The van der Waals surface area contributed by atoms with E-state index in [2.05, 4.69) is 10.3 Å². The van der Waals surface area contributed by atoms with Crippen LogP contribution < -0.4 is 5.32 Å². The van der Waals surface area contributed by atoms with E-state index >= 15 is 0 Å². The number of nitrogens with zero attached hydrogens (tertiary/aromatic N) is 2. The molecule has 1 heterocycles. The first-order chi connectivity index (χ1) is 12.1. The standard InChI is InChI=1S/C17H20ClN3O3S2/c1-11-5-6-13(18)9-15(11)20-17(22)12(2)25-16-8-7-14(10-19-16)26(23,24)21(3)4/h5-10,12H,1-4H3,(H,20,22)/t12-/m0/s1. The summed E-state index contributed by atoms with van der Waals surface area (Å²) in [5, 5.41) is 3.54. The molecule has 6 nitrogen and oxygen atoms in total. The number of aromatic nitrogens is 1. The minimum Gasteiger partial charge on any atom is -0.325 e. The molecule has 2 aromatic rings. The zero-order chi connectivity index (χ0) is 19.5. The lowest BCUT2D eigenvalue weighted by atomic mass is 10.2. The summed E-state index contributed by atoms with van der Waals surface area (Å²) in [6.45, 7) is 3.64. The summed E-state index contributed by atoms with van der Waals surface area (Å²) in [5.41, 5.74) is 1.58. The van der Waals surface area contributed by atoms with Gasteiger partial charge in [0.2, 0.25) is 15.9 Å². The molecule has 1 aromatic carbocycles. The van der Waals surface area contributed by atoms with Gasteiger partial charge in [0, 0.05) is 31.0 Å². The molecule has 0 aliphatic heterocycles. The monoisotopic (exact) mass is 413 g/mol. The molecule has 9 heteroatoms. The number of rotatable bonds is 6. The van der Waals surface area contributed by atoms with E-state index in [0.29, 0.717) is 15.7 Å². The van der Waals surface area contributed by atoms with E-state index in [1.165, 1.54) is 38.1 Å². The molecule has 2 rings (SSSR count). The highest BCUT2D eigenvalue weighted by Crippen LogP contribution is 2.25. The number of hydrogen-bond donors (Lipinski definition) is 1. The number of halogens is 1. The lowest BCUT2D eigenvalue weighted by Crippen LogP contribution is -2.23. The second-order valence-electron chi connectivity index (χ2n) is 5.83. The van der Waals surface area contributed by atoms with Gasteiger partial charge in [-0.15, -0.1) is 0 Å². The first-order valence-electron chi connectivity index (χ1n) is 7.73. The van der Waals surface area contributed by atoms with Gasteiger partial charge >= 0.3 is 0 Å². The Kier molecular flexibility index (Phi) is 6.68. The lowest BCUT2D eigenvalue weighted by molar-refractivity contribution is -0.115. The molecule has 1 N–H and O–H groups in total. The third-order valence-corrected chi connectivity index (χ3v) is 6.70. The summed E-state index contributed by atoms with van der Waals surface area (Å²) in [6, 6.07) is 8.37. The van der Waals surface area contributed by atoms with Crippen molar-refractivity contribution in [1.82, 2.24) is 9.29 Å². The van der Waals surface area contributed by atoms with Crippen molar-refractivity contribution in [1.29, 1.82) is 0 Å². The Morgan fingerprint density at radius 3 is 2.54 bits per heavy atom. The third-order valence-electron chi connectivity index (χ3n) is 3.61. The highest BCUT2D eigenvalue weighted by atomic mass is 35.5. The molecule has 0 aliphatic carbocycles. The number of carbonyl (C=O) groups excluding carboxylic acids is 1. The van der Waals surface area contributed by atoms with Gasteiger partial charge in [-0.1, -0.05) is 29.4 Å². The van der Waals surface area contributed by atoms with Crippen LogP contribution in [0.25, 0.3) is 0 Å². The smallest absolute Gasteiger partial charge is 0.244 e. The largest absolute Gasteiger partial charge is 0.325 e. The minimum absolute atomic E-state index is 0.110. The average Bonchev–Trinajstić information content (AvgIpc) is 2.58. The van der Waals surface area contributed by atoms with E-state index < -0.39 is 15.3 Å². The van der Waals surface area contributed by atoms with Crippen molar-refractivity contribution in [2.75, 3.05) is 19.4 Å². The number of benzene rings is 1. The molecular formula is C17H20ClN3O3S2. The van der Waals surface area contributed by atoms with E-state index in [9.17, 15) is 13.2 Å². The summed E-state index contributed by atoms with van der Waals surface area (Å²) in [4.78, 5) is 16.6. The Labute approximate surface area is 163 Å². The molecule has 0 radical (unpaired) electrons. The number of hydrogen-bond acceptors (Lipinski definition) is 5. The normalized spacial score (nSPS) is 12.8. The van der Waals surface area contributed by atoms with Gasteiger partial charge in [0.25, 0.3) is 0 Å². The van der Waals surface area contributed by atoms with E-state index in [4.69, 9.17) is 11.6 Å². The maximum absolute atomic E-state index is 12.4. The molecule has 1 aromatic heterocycles. The van der Waals surface area contributed by atoms with Crippen LogP contribution >= 0.6 is 23.4 Å². The highest BCUT2D eigenvalue weighted by molar-refractivity contribution is 8.00. The molecule has 0 aliphatic rings. The Morgan fingerprint density at radius 1 is 1.27 bits per heavy atom. The summed E-state index contributed by atoms with van der Waals surface area (Å²) >= 11 is 7.21. The number of nitrogens with one attached hydrogen (secondary N) is 1. The second-order valence-corrected chi connectivity index (χ2v) is 9.78. The molecule has 26 heavy (non-hydrogen) atoms. The molecule has 140 valence electrons. The Bertz CT molecular complexity index is 900. The molecular weight excluding hydrogens is 394 g/mol. The number of thioether (sulfide) groups is 1. The van der Waals surface area contributed by atoms with Crippen molar-refractivity contribution in [3.8, 4) is 0 Å². The van der Waals surface area contributed by atoms with Crippen LogP contribution in [0, 0.1) is 6.92 Å². The predicted octanol–water partition coefficient (Wildman–Crippen LogP) is 3.41. The molecule has 0 saturated carbocycles. The molecule has 0 unspecified atom stereocenters. The van der Waals surface area contributed by atoms with Gasteiger partial charge in [0.1, 0.15) is 4.90 Å². The van der Waals surface area contributed by atoms with Crippen LogP contribution in [0.15, 0.2) is 46.5 Å². The first-order valence-corrected chi connectivity index (χ1v) is 10.4. The number of carbonyl (C=O) groups is 1. The van der Waals surface area contributed by atoms with Gasteiger partial charge in [0.05, 0.1) is 10.3 Å². The summed E-state index contributed by atoms with van der Waals surface area (Å²) < 4.78 is 25.2. The Hall–Kier alpha value is -1.61. The van der Waals surface area contributed by atoms with Gasteiger partial charge < -0.3 is 5.32 Å². The topological polar surface area (TPSA) is 79.4 Å². The Balaban J connectivity index is 2.06. The molecule has 1 atom stereocenters. The molecule has 0 saturated heterocycles. The third kappa shape index (κ3) is 4.97. The van der Waals surface area contributed by atoms with Gasteiger partial charge in [-0.3, -0.25) is 4.79 Å². The van der Waals surface area contributed by atoms with Crippen molar-refractivity contribution >= 4 is 45.0 Å². The van der Waals surface area contributed by atoms with Crippen LogP contribution in [0.5, 0.6) is 0 Å². The number of aryl methyl sites for hydroxylation is 1. The summed E-state index contributed by atoms with van der Waals surface area (Å²) in [7, 11) is -0.597. The van der Waals surface area contributed by atoms with E-state index in [0.717, 1.165) is 9.87 Å². The fourth-order valence-corrected chi connectivity index (χ4v) is 3.81. The predicted molar refractivity (Wildman–Crippen MR) is 105 cm³/mol. The van der Waals surface area contributed by atoms with E-state index in [1.54, 1.807) is 25.1 Å². The SMILES string of the molecule is Cc1ccc(Cl)cc1NC(=O)[C@H](C)Sc1ccc(S(=O)(=O)N(C)C)cn1. The molecule has 0 fully saturated rings. The lowest BCUT2D eigenvalue weighted by Gasteiger charge is -2.14. The highest BCUT2D eigenvalue weighted by Gasteiger charge is 2.19. The fraction of sp³-hybridized carbons (Fsp3) is 0.294. The van der Waals surface area contributed by atoms with E-state index in [1.807, 2.05) is 13.0 Å². The summed E-state index contributed by atoms with van der Waals surface area (Å²) in [5.74, 6) is -0.188. The van der Waals surface area contributed by atoms with Crippen LogP contribution in [0.2, 0.25) is 5.02 Å². The number of pyridine rings is 1. The second kappa shape index (κ2) is 8.39. The fourth-order valence-electron chi connectivity index (χ4n) is 2.00. The van der Waals surface area contributed by atoms with Crippen molar-refractivity contribution in [2.45, 2.75) is 29.0 Å². The Morgan fingerprint density at radius 2 is 1.96 bits per heavy atom. The average molecular weight is 414 g/mol. The van der Waals surface area contributed by atoms with Crippen LogP contribution in [-0.4, -0.2) is 43.0 Å². The zero-order valence-corrected chi connectivity index (χ0v) is 17.2. The first kappa shape index (κ1) is 20.7. The quantitative estimate of drug-likeness (QED) is 0.734. The van der Waals surface area contributed by atoms with Crippen LogP contribution in [0.1, 0.15) is 12.5 Å². The van der Waals surface area contributed by atoms with Crippen LogP contribution in [-0.2, 0) is 14.8 Å². The van der Waals surface area contributed by atoms with Gasteiger partial charge in [-0.05, 0) is 43.7 Å².